The van der Waals surface area contributed by atoms with E-state index in [1.807, 2.05) is 71.0 Å². The highest BCUT2D eigenvalue weighted by molar-refractivity contribution is 7.84. The van der Waals surface area contributed by atoms with E-state index in [9.17, 15) is 4.79 Å². The van der Waals surface area contributed by atoms with Crippen LogP contribution in [0.2, 0.25) is 0 Å². The lowest BCUT2D eigenvalue weighted by Gasteiger charge is -2.35. The van der Waals surface area contributed by atoms with Crippen LogP contribution >= 0.6 is 12.6 Å². The molecular weight excluding hydrogens is 318 g/mol. The molecule has 0 bridgehead atoms. The molecule has 0 saturated heterocycles. The predicted molar refractivity (Wildman–Crippen MR) is 104 cm³/mol. The van der Waals surface area contributed by atoms with Gasteiger partial charge in [0.15, 0.2) is 0 Å². The Labute approximate surface area is 152 Å². The van der Waals surface area contributed by atoms with Crippen LogP contribution in [0.3, 0.4) is 0 Å². The molecular formula is C19H29N3OS. The molecule has 5 heteroatoms. The van der Waals surface area contributed by atoms with Crippen LogP contribution in [-0.4, -0.2) is 35.5 Å². The van der Waals surface area contributed by atoms with Gasteiger partial charge in [-0.3, -0.25) is 4.90 Å². The zero-order valence-corrected chi connectivity index (χ0v) is 16.3. The maximum absolute atomic E-state index is 12.3. The molecule has 2 rings (SSSR count). The van der Waals surface area contributed by atoms with Gasteiger partial charge in [0, 0.05) is 13.1 Å². The van der Waals surface area contributed by atoms with Gasteiger partial charge in [0.1, 0.15) is 6.54 Å². The van der Waals surface area contributed by atoms with Gasteiger partial charge in [0.05, 0.1) is 11.1 Å². The molecule has 1 aromatic carbocycles. The molecule has 2 amide bonds. The van der Waals surface area contributed by atoms with E-state index in [2.05, 4.69) is 12.6 Å². The first-order valence-corrected chi connectivity index (χ1v) is 8.94. The minimum Gasteiger partial charge on any atom is -0.307 e. The summed E-state index contributed by atoms with van der Waals surface area (Å²) < 4.78 is 0. The van der Waals surface area contributed by atoms with Crippen LogP contribution in [0.25, 0.3) is 0 Å². The van der Waals surface area contributed by atoms with Crippen LogP contribution in [0.1, 0.15) is 40.2 Å². The van der Waals surface area contributed by atoms with Crippen molar-refractivity contribution >= 4 is 18.7 Å². The van der Waals surface area contributed by atoms with E-state index in [4.69, 9.17) is 5.26 Å². The number of thiol groups is 1. The normalized spacial score (nSPS) is 13.5. The highest BCUT2D eigenvalue weighted by atomic mass is 32.1. The van der Waals surface area contributed by atoms with E-state index in [-0.39, 0.29) is 12.6 Å². The molecule has 4 nitrogen and oxygen atoms in total. The summed E-state index contributed by atoms with van der Waals surface area (Å²) in [6.45, 7) is 11.1. The maximum Gasteiger partial charge on any atom is 0.326 e. The number of hydrogen-bond donors (Lipinski definition) is 1. The number of hydrogen-bond acceptors (Lipinski definition) is 3. The summed E-state index contributed by atoms with van der Waals surface area (Å²) in [7, 11) is 0. The molecule has 1 heterocycles. The van der Waals surface area contributed by atoms with E-state index in [0.29, 0.717) is 18.1 Å². The summed E-state index contributed by atoms with van der Waals surface area (Å²) in [5.74, 6) is 0. The van der Waals surface area contributed by atoms with Crippen LogP contribution in [0.5, 0.6) is 0 Å². The van der Waals surface area contributed by atoms with Gasteiger partial charge in [-0.25, -0.2) is 4.79 Å². The number of urea groups is 1. The van der Waals surface area contributed by atoms with Gasteiger partial charge in [-0.2, -0.15) is 5.26 Å². The van der Waals surface area contributed by atoms with Gasteiger partial charge in [-0.15, -0.1) is 12.6 Å². The summed E-state index contributed by atoms with van der Waals surface area (Å²) in [5, 5.41) is 9.49. The van der Waals surface area contributed by atoms with Gasteiger partial charge >= 0.3 is 6.03 Å². The molecule has 0 N–H and O–H groups in total. The molecule has 0 fully saturated rings. The van der Waals surface area contributed by atoms with Crippen molar-refractivity contribution in [3.63, 3.8) is 0 Å². The quantitative estimate of drug-likeness (QED) is 0.634. The molecule has 0 aromatic heterocycles. The number of benzene rings is 1. The smallest absolute Gasteiger partial charge is 0.307 e. The second-order valence-electron chi connectivity index (χ2n) is 4.79. The second-order valence-corrected chi connectivity index (χ2v) is 5.21. The number of carbonyl (C=O) groups is 1. The molecule has 0 saturated carbocycles. The van der Waals surface area contributed by atoms with Gasteiger partial charge < -0.3 is 4.90 Å². The van der Waals surface area contributed by atoms with Gasteiger partial charge in [0.25, 0.3) is 0 Å². The predicted octanol–water partition coefficient (Wildman–Crippen LogP) is 4.70. The lowest BCUT2D eigenvalue weighted by atomic mass is 10.1. The van der Waals surface area contributed by atoms with Crippen molar-refractivity contribution in [1.29, 1.82) is 5.26 Å². The van der Waals surface area contributed by atoms with Crippen LogP contribution < -0.4 is 0 Å². The summed E-state index contributed by atoms with van der Waals surface area (Å²) in [5.41, 5.74) is 2.19. The van der Waals surface area contributed by atoms with Gasteiger partial charge in [-0.05, 0) is 24.5 Å². The molecule has 1 aromatic rings. The number of amides is 2. The third kappa shape index (κ3) is 6.29. The minimum atomic E-state index is -0.141. The fourth-order valence-electron chi connectivity index (χ4n) is 2.21. The number of rotatable bonds is 4. The molecule has 24 heavy (non-hydrogen) atoms. The van der Waals surface area contributed by atoms with Crippen molar-refractivity contribution in [1.82, 2.24) is 9.80 Å². The van der Waals surface area contributed by atoms with Gasteiger partial charge in [0.2, 0.25) is 0 Å². The standard InChI is InChI=1S/C15H17N3OS.2C2H6/c1-12-11-17(10-8-16)15(19)18(14(12)20)9-7-13-5-3-2-4-6-13;2*1-2/h2-6,20H,7,9-11H2,1H3;2*1-2H3. The summed E-state index contributed by atoms with van der Waals surface area (Å²) in [4.78, 5) is 15.5. The molecule has 0 spiro atoms. The van der Waals surface area contributed by atoms with E-state index in [0.717, 1.165) is 12.0 Å². The van der Waals surface area contributed by atoms with Gasteiger partial charge in [-0.1, -0.05) is 58.0 Å². The molecule has 0 radical (unpaired) electrons. The Morgan fingerprint density at radius 3 is 2.29 bits per heavy atom. The molecule has 1 aliphatic rings. The number of nitrogens with zero attached hydrogens (tertiary/aromatic N) is 3. The SMILES string of the molecule is CC.CC.CC1=C(S)N(CCc2ccccc2)C(=O)N(CC#N)C1. The summed E-state index contributed by atoms with van der Waals surface area (Å²) in [6, 6.07) is 11.9. The number of carbonyl (C=O) groups excluding carboxylic acids is 1. The van der Waals surface area contributed by atoms with Crippen molar-refractivity contribution < 1.29 is 4.79 Å². The average molecular weight is 348 g/mol. The van der Waals surface area contributed by atoms with E-state index >= 15 is 0 Å². The second kappa shape index (κ2) is 12.5. The Morgan fingerprint density at radius 1 is 1.17 bits per heavy atom. The first-order chi connectivity index (χ1) is 11.6. The topological polar surface area (TPSA) is 47.3 Å². The fourth-order valence-corrected chi connectivity index (χ4v) is 2.47. The third-order valence-corrected chi connectivity index (χ3v) is 3.92. The molecule has 0 unspecified atom stereocenters. The summed E-state index contributed by atoms with van der Waals surface area (Å²) >= 11 is 4.44. The van der Waals surface area contributed by atoms with Crippen LogP contribution in [-0.2, 0) is 6.42 Å². The van der Waals surface area contributed by atoms with Crippen molar-refractivity contribution in [3.05, 3.63) is 46.5 Å². The lowest BCUT2D eigenvalue weighted by molar-refractivity contribution is 0.170. The number of nitriles is 1. The van der Waals surface area contributed by atoms with Crippen LogP contribution in [0, 0.1) is 11.3 Å². The third-order valence-electron chi connectivity index (χ3n) is 3.30. The Hall–Kier alpha value is -1.93. The largest absolute Gasteiger partial charge is 0.326 e. The minimum absolute atomic E-state index is 0.110. The van der Waals surface area contributed by atoms with Crippen molar-refractivity contribution in [2.45, 2.75) is 41.0 Å². The van der Waals surface area contributed by atoms with Crippen LogP contribution in [0.15, 0.2) is 40.9 Å². The first kappa shape index (κ1) is 22.1. The molecule has 0 atom stereocenters. The molecule has 132 valence electrons. The Bertz CT molecular complexity index is 564. The van der Waals surface area contributed by atoms with Crippen LogP contribution in [0.4, 0.5) is 4.79 Å². The summed E-state index contributed by atoms with van der Waals surface area (Å²) in [6.07, 6.45) is 0.768. The maximum atomic E-state index is 12.3. The average Bonchev–Trinajstić information content (AvgIpc) is 2.64. The Morgan fingerprint density at radius 2 is 1.75 bits per heavy atom. The van der Waals surface area contributed by atoms with E-state index in [1.54, 1.807) is 9.80 Å². The first-order valence-electron chi connectivity index (χ1n) is 8.49. The van der Waals surface area contributed by atoms with Crippen molar-refractivity contribution in [2.75, 3.05) is 19.6 Å². The van der Waals surface area contributed by atoms with E-state index < -0.39 is 0 Å². The van der Waals surface area contributed by atoms with Crippen molar-refractivity contribution in [3.8, 4) is 6.07 Å². The highest BCUT2D eigenvalue weighted by Crippen LogP contribution is 2.23. The lowest BCUT2D eigenvalue weighted by Crippen LogP contribution is -2.47. The monoisotopic (exact) mass is 347 g/mol. The molecule has 0 aliphatic carbocycles. The Balaban J connectivity index is 0.00000123. The van der Waals surface area contributed by atoms with E-state index in [1.165, 1.54) is 5.56 Å². The zero-order valence-electron chi connectivity index (χ0n) is 15.4. The van der Waals surface area contributed by atoms with Crippen molar-refractivity contribution in [2.24, 2.45) is 0 Å². The zero-order chi connectivity index (χ0) is 18.5. The fraction of sp³-hybridized carbons (Fsp3) is 0.474. The Kier molecular flexibility index (Phi) is 11.5. The molecule has 1 aliphatic heterocycles. The highest BCUT2D eigenvalue weighted by Gasteiger charge is 2.28.